The van der Waals surface area contributed by atoms with E-state index in [1.807, 2.05) is 6.07 Å². The van der Waals surface area contributed by atoms with Crippen LogP contribution in [0.15, 0.2) is 18.2 Å². The van der Waals surface area contributed by atoms with Crippen LogP contribution in [0, 0.1) is 0 Å². The molecule has 3 rings (SSSR count). The van der Waals surface area contributed by atoms with Gasteiger partial charge >= 0.3 is 0 Å². The van der Waals surface area contributed by atoms with Crippen molar-refractivity contribution in [1.82, 2.24) is 0 Å². The number of fused-ring (bicyclic) bond motifs is 1. The molecule has 14 heavy (non-hydrogen) atoms. The average molecular weight is 190 g/mol. The quantitative estimate of drug-likeness (QED) is 0.731. The van der Waals surface area contributed by atoms with Gasteiger partial charge in [-0.2, -0.15) is 0 Å². The SMILES string of the molecule is OC1(c2cccc3c2COCC3)CC1. The highest BCUT2D eigenvalue weighted by molar-refractivity contribution is 5.41. The van der Waals surface area contributed by atoms with Gasteiger partial charge in [0.2, 0.25) is 0 Å². The van der Waals surface area contributed by atoms with E-state index in [0.717, 1.165) is 31.4 Å². The van der Waals surface area contributed by atoms with Gasteiger partial charge in [-0.3, -0.25) is 0 Å². The zero-order valence-electron chi connectivity index (χ0n) is 8.12. The molecule has 1 aromatic rings. The van der Waals surface area contributed by atoms with Crippen LogP contribution < -0.4 is 0 Å². The Morgan fingerprint density at radius 3 is 2.93 bits per heavy atom. The van der Waals surface area contributed by atoms with Gasteiger partial charge in [0.05, 0.1) is 18.8 Å². The summed E-state index contributed by atoms with van der Waals surface area (Å²) < 4.78 is 5.45. The molecule has 0 amide bonds. The summed E-state index contributed by atoms with van der Waals surface area (Å²) in [6.45, 7) is 1.49. The first-order valence-corrected chi connectivity index (χ1v) is 5.21. The number of ether oxygens (including phenoxy) is 1. The lowest BCUT2D eigenvalue weighted by atomic mass is 9.93. The van der Waals surface area contributed by atoms with Gasteiger partial charge in [-0.25, -0.2) is 0 Å². The van der Waals surface area contributed by atoms with Crippen LogP contribution in [0.2, 0.25) is 0 Å². The largest absolute Gasteiger partial charge is 0.385 e. The number of benzene rings is 1. The third-order valence-electron chi connectivity index (χ3n) is 3.26. The van der Waals surface area contributed by atoms with Crippen LogP contribution >= 0.6 is 0 Å². The molecule has 0 bridgehead atoms. The molecule has 1 aromatic carbocycles. The Kier molecular flexibility index (Phi) is 1.70. The van der Waals surface area contributed by atoms with Gasteiger partial charge in [0.25, 0.3) is 0 Å². The van der Waals surface area contributed by atoms with Crippen molar-refractivity contribution in [2.45, 2.75) is 31.5 Å². The molecule has 0 aromatic heterocycles. The van der Waals surface area contributed by atoms with Crippen molar-refractivity contribution in [2.24, 2.45) is 0 Å². The smallest absolute Gasteiger partial charge is 0.0902 e. The monoisotopic (exact) mass is 190 g/mol. The zero-order chi connectivity index (χ0) is 9.60. The number of hydrogen-bond acceptors (Lipinski definition) is 2. The first-order valence-electron chi connectivity index (χ1n) is 5.21. The Balaban J connectivity index is 2.11. The first-order chi connectivity index (χ1) is 6.80. The lowest BCUT2D eigenvalue weighted by molar-refractivity contribution is 0.102. The number of hydrogen-bond donors (Lipinski definition) is 1. The number of aliphatic hydroxyl groups is 1. The molecular weight excluding hydrogens is 176 g/mol. The molecule has 0 unspecified atom stereocenters. The van der Waals surface area contributed by atoms with Crippen molar-refractivity contribution < 1.29 is 9.84 Å². The molecule has 0 atom stereocenters. The minimum atomic E-state index is -0.522. The van der Waals surface area contributed by atoms with Gasteiger partial charge in [-0.1, -0.05) is 18.2 Å². The summed E-state index contributed by atoms with van der Waals surface area (Å²) in [6.07, 6.45) is 2.80. The van der Waals surface area contributed by atoms with E-state index in [-0.39, 0.29) is 0 Å². The van der Waals surface area contributed by atoms with Crippen molar-refractivity contribution in [3.8, 4) is 0 Å². The van der Waals surface area contributed by atoms with Gasteiger partial charge < -0.3 is 9.84 Å². The Labute approximate surface area is 83.5 Å². The molecule has 2 nitrogen and oxygen atoms in total. The fourth-order valence-electron chi connectivity index (χ4n) is 2.22. The van der Waals surface area contributed by atoms with E-state index < -0.39 is 5.60 Å². The van der Waals surface area contributed by atoms with Crippen LogP contribution in [0.4, 0.5) is 0 Å². The van der Waals surface area contributed by atoms with Crippen LogP contribution in [0.1, 0.15) is 29.5 Å². The van der Waals surface area contributed by atoms with Crippen LogP contribution in [0.25, 0.3) is 0 Å². The number of rotatable bonds is 1. The normalized spacial score (nSPS) is 22.9. The Morgan fingerprint density at radius 1 is 1.29 bits per heavy atom. The summed E-state index contributed by atoms with van der Waals surface area (Å²) in [6, 6.07) is 6.24. The summed E-state index contributed by atoms with van der Waals surface area (Å²) in [4.78, 5) is 0. The predicted octanol–water partition coefficient (Wildman–Crippen LogP) is 1.74. The fraction of sp³-hybridized carbons (Fsp3) is 0.500. The van der Waals surface area contributed by atoms with E-state index >= 15 is 0 Å². The molecule has 2 heteroatoms. The highest BCUT2D eigenvalue weighted by Crippen LogP contribution is 2.47. The molecule has 1 aliphatic carbocycles. The molecule has 0 spiro atoms. The molecule has 1 N–H and O–H groups in total. The summed E-state index contributed by atoms with van der Waals surface area (Å²) in [7, 11) is 0. The fourth-order valence-corrected chi connectivity index (χ4v) is 2.22. The Bertz CT molecular complexity index is 367. The molecule has 1 fully saturated rings. The molecule has 1 aliphatic heterocycles. The van der Waals surface area contributed by atoms with Gasteiger partial charge in [0.15, 0.2) is 0 Å². The van der Waals surface area contributed by atoms with E-state index in [1.165, 1.54) is 11.1 Å². The second-order valence-electron chi connectivity index (χ2n) is 4.28. The second kappa shape index (κ2) is 2.81. The molecule has 0 saturated heterocycles. The predicted molar refractivity (Wildman–Crippen MR) is 52.9 cm³/mol. The van der Waals surface area contributed by atoms with Crippen LogP contribution in [0.3, 0.4) is 0 Å². The topological polar surface area (TPSA) is 29.5 Å². The zero-order valence-corrected chi connectivity index (χ0v) is 8.12. The van der Waals surface area contributed by atoms with Crippen LogP contribution in [-0.4, -0.2) is 11.7 Å². The van der Waals surface area contributed by atoms with E-state index in [9.17, 15) is 5.11 Å². The van der Waals surface area contributed by atoms with Gasteiger partial charge in [-0.05, 0) is 36.0 Å². The maximum absolute atomic E-state index is 10.1. The Hall–Kier alpha value is -0.860. The molecular formula is C12H14O2. The van der Waals surface area contributed by atoms with Gasteiger partial charge in [0, 0.05) is 0 Å². The van der Waals surface area contributed by atoms with Gasteiger partial charge in [0.1, 0.15) is 0 Å². The van der Waals surface area contributed by atoms with Crippen molar-refractivity contribution in [2.75, 3.05) is 6.61 Å². The van der Waals surface area contributed by atoms with Crippen LogP contribution in [0.5, 0.6) is 0 Å². The summed E-state index contributed by atoms with van der Waals surface area (Å²) >= 11 is 0. The third-order valence-corrected chi connectivity index (χ3v) is 3.26. The molecule has 1 heterocycles. The highest BCUT2D eigenvalue weighted by Gasteiger charge is 2.44. The molecule has 2 aliphatic rings. The van der Waals surface area contributed by atoms with E-state index in [0.29, 0.717) is 6.61 Å². The lowest BCUT2D eigenvalue weighted by Crippen LogP contribution is -2.16. The second-order valence-corrected chi connectivity index (χ2v) is 4.28. The molecule has 74 valence electrons. The van der Waals surface area contributed by atoms with E-state index in [2.05, 4.69) is 12.1 Å². The maximum atomic E-state index is 10.1. The van der Waals surface area contributed by atoms with Crippen molar-refractivity contribution in [3.05, 3.63) is 34.9 Å². The summed E-state index contributed by atoms with van der Waals surface area (Å²) in [5.74, 6) is 0. The first kappa shape index (κ1) is 8.45. The van der Waals surface area contributed by atoms with Crippen LogP contribution in [-0.2, 0) is 23.4 Å². The van der Waals surface area contributed by atoms with Crippen molar-refractivity contribution in [3.63, 3.8) is 0 Å². The summed E-state index contributed by atoms with van der Waals surface area (Å²) in [5, 5.41) is 10.1. The van der Waals surface area contributed by atoms with Crippen molar-refractivity contribution in [1.29, 1.82) is 0 Å². The maximum Gasteiger partial charge on any atom is 0.0902 e. The highest BCUT2D eigenvalue weighted by atomic mass is 16.5. The Morgan fingerprint density at radius 2 is 2.14 bits per heavy atom. The van der Waals surface area contributed by atoms with E-state index in [1.54, 1.807) is 0 Å². The molecule has 0 radical (unpaired) electrons. The average Bonchev–Trinajstić information content (AvgIpc) is 2.97. The van der Waals surface area contributed by atoms with Gasteiger partial charge in [-0.15, -0.1) is 0 Å². The third kappa shape index (κ3) is 1.18. The summed E-state index contributed by atoms with van der Waals surface area (Å²) in [5.41, 5.74) is 3.18. The lowest BCUT2D eigenvalue weighted by Gasteiger charge is -2.22. The minimum Gasteiger partial charge on any atom is -0.385 e. The van der Waals surface area contributed by atoms with Crippen molar-refractivity contribution >= 4 is 0 Å². The molecule has 1 saturated carbocycles. The van der Waals surface area contributed by atoms with E-state index in [4.69, 9.17) is 4.74 Å². The standard InChI is InChI=1S/C12H14O2/c13-12(5-6-12)11-3-1-2-9-4-7-14-8-10(9)11/h1-3,13H,4-8H2. The minimum absolute atomic E-state index is 0.522.